The van der Waals surface area contributed by atoms with Gasteiger partial charge in [0.2, 0.25) is 0 Å². The maximum atomic E-state index is 11.3. The number of nitrogens with one attached hydrogen (secondary N) is 2. The van der Waals surface area contributed by atoms with Gasteiger partial charge in [-0.1, -0.05) is 30.3 Å². The summed E-state index contributed by atoms with van der Waals surface area (Å²) in [6, 6.07) is 11.5. The predicted octanol–water partition coefficient (Wildman–Crippen LogP) is 1.65. The fourth-order valence-corrected chi connectivity index (χ4v) is 1.13. The Balaban J connectivity index is 2.24. The zero-order valence-corrected chi connectivity index (χ0v) is 9.23. The van der Waals surface area contributed by atoms with Crippen LogP contribution in [-0.4, -0.2) is 12.6 Å². The van der Waals surface area contributed by atoms with Crippen molar-refractivity contribution in [3.63, 3.8) is 0 Å². The molecule has 0 aliphatic carbocycles. The average molecular weight is 217 g/mol. The molecule has 0 spiro atoms. The maximum Gasteiger partial charge on any atom is 0.315 e. The molecular formula is C12H15N3O. The highest BCUT2D eigenvalue weighted by Crippen LogP contribution is 1.96. The molecule has 1 aromatic rings. The summed E-state index contributed by atoms with van der Waals surface area (Å²) in [4.78, 5) is 11.3. The first-order valence-electron chi connectivity index (χ1n) is 5.17. The van der Waals surface area contributed by atoms with E-state index >= 15 is 0 Å². The van der Waals surface area contributed by atoms with Crippen LogP contribution in [-0.2, 0) is 6.54 Å². The van der Waals surface area contributed by atoms with Gasteiger partial charge in [0.15, 0.2) is 0 Å². The second kappa shape index (κ2) is 6.46. The molecule has 1 rings (SSSR count). The summed E-state index contributed by atoms with van der Waals surface area (Å²) in [5, 5.41) is 13.9. The van der Waals surface area contributed by atoms with Crippen LogP contribution in [0, 0.1) is 17.2 Å². The van der Waals surface area contributed by atoms with Crippen LogP contribution in [0.2, 0.25) is 0 Å². The smallest absolute Gasteiger partial charge is 0.315 e. The Morgan fingerprint density at radius 1 is 1.38 bits per heavy atom. The molecule has 4 heteroatoms. The number of benzene rings is 1. The largest absolute Gasteiger partial charge is 0.337 e. The Morgan fingerprint density at radius 2 is 2.06 bits per heavy atom. The van der Waals surface area contributed by atoms with Gasteiger partial charge in [-0.25, -0.2) is 4.79 Å². The number of hydrogen-bond acceptors (Lipinski definition) is 2. The summed E-state index contributed by atoms with van der Waals surface area (Å²) in [6.07, 6.45) is 0. The van der Waals surface area contributed by atoms with Gasteiger partial charge in [0.1, 0.15) is 0 Å². The molecule has 1 unspecified atom stereocenters. The van der Waals surface area contributed by atoms with Gasteiger partial charge in [0.05, 0.1) is 12.0 Å². The highest BCUT2D eigenvalue weighted by Gasteiger charge is 2.03. The van der Waals surface area contributed by atoms with Crippen molar-refractivity contribution < 1.29 is 4.79 Å². The average Bonchev–Trinajstić information content (AvgIpc) is 2.34. The first-order valence-corrected chi connectivity index (χ1v) is 5.17. The number of hydrogen-bond donors (Lipinski definition) is 2. The fourth-order valence-electron chi connectivity index (χ4n) is 1.13. The molecular weight excluding hydrogens is 202 g/mol. The number of amides is 2. The summed E-state index contributed by atoms with van der Waals surface area (Å²) in [5.74, 6) is -0.164. The topological polar surface area (TPSA) is 64.9 Å². The zero-order chi connectivity index (χ0) is 11.8. The van der Waals surface area contributed by atoms with Crippen molar-refractivity contribution in [3.05, 3.63) is 35.9 Å². The van der Waals surface area contributed by atoms with Crippen molar-refractivity contribution >= 4 is 6.03 Å². The Labute approximate surface area is 95.3 Å². The summed E-state index contributed by atoms with van der Waals surface area (Å²) >= 11 is 0. The highest BCUT2D eigenvalue weighted by atomic mass is 16.2. The van der Waals surface area contributed by atoms with Gasteiger partial charge in [-0.3, -0.25) is 0 Å². The van der Waals surface area contributed by atoms with Crippen molar-refractivity contribution in [3.8, 4) is 6.07 Å². The lowest BCUT2D eigenvalue weighted by atomic mass is 10.2. The third-order valence-corrected chi connectivity index (χ3v) is 2.09. The van der Waals surface area contributed by atoms with Crippen molar-refractivity contribution in [1.29, 1.82) is 5.26 Å². The number of carbonyl (C=O) groups excluding carboxylic acids is 1. The van der Waals surface area contributed by atoms with Crippen molar-refractivity contribution in [2.75, 3.05) is 6.54 Å². The SMILES string of the molecule is CC(C#N)CNC(=O)NCc1ccccc1. The number of rotatable bonds is 4. The third kappa shape index (κ3) is 4.47. The van der Waals surface area contributed by atoms with E-state index in [1.54, 1.807) is 6.92 Å². The Kier molecular flexibility index (Phi) is 4.87. The zero-order valence-electron chi connectivity index (χ0n) is 9.23. The lowest BCUT2D eigenvalue weighted by Gasteiger charge is -2.08. The molecule has 0 saturated heterocycles. The summed E-state index contributed by atoms with van der Waals surface area (Å²) in [7, 11) is 0. The molecule has 0 radical (unpaired) electrons. The molecule has 0 aromatic heterocycles. The van der Waals surface area contributed by atoms with Crippen LogP contribution in [0.4, 0.5) is 4.79 Å². The molecule has 0 aliphatic heterocycles. The number of nitrogens with zero attached hydrogens (tertiary/aromatic N) is 1. The summed E-state index contributed by atoms with van der Waals surface area (Å²) in [5.41, 5.74) is 1.05. The lowest BCUT2D eigenvalue weighted by molar-refractivity contribution is 0.239. The first kappa shape index (κ1) is 12.1. The van der Waals surface area contributed by atoms with Crippen LogP contribution < -0.4 is 10.6 Å². The maximum absolute atomic E-state index is 11.3. The molecule has 2 amide bonds. The fraction of sp³-hybridized carbons (Fsp3) is 0.333. The summed E-state index contributed by atoms with van der Waals surface area (Å²) in [6.45, 7) is 2.63. The van der Waals surface area contributed by atoms with Crippen LogP contribution in [0.1, 0.15) is 12.5 Å². The van der Waals surface area contributed by atoms with Gasteiger partial charge in [-0.2, -0.15) is 5.26 Å². The van der Waals surface area contributed by atoms with Crippen LogP contribution >= 0.6 is 0 Å². The Hall–Kier alpha value is -2.02. The van der Waals surface area contributed by atoms with Gasteiger partial charge in [-0.05, 0) is 12.5 Å². The van der Waals surface area contributed by atoms with Gasteiger partial charge in [-0.15, -0.1) is 0 Å². The van der Waals surface area contributed by atoms with E-state index in [0.717, 1.165) is 5.56 Å². The quantitative estimate of drug-likeness (QED) is 0.805. The van der Waals surface area contributed by atoms with E-state index in [0.29, 0.717) is 13.1 Å². The minimum atomic E-state index is -0.244. The molecule has 0 heterocycles. The molecule has 0 aliphatic rings. The molecule has 4 nitrogen and oxygen atoms in total. The van der Waals surface area contributed by atoms with E-state index in [9.17, 15) is 4.79 Å². The molecule has 2 N–H and O–H groups in total. The summed E-state index contributed by atoms with van der Waals surface area (Å²) < 4.78 is 0. The minimum Gasteiger partial charge on any atom is -0.337 e. The normalized spacial score (nSPS) is 11.2. The highest BCUT2D eigenvalue weighted by molar-refractivity contribution is 5.73. The van der Waals surface area contributed by atoms with Crippen LogP contribution in [0.5, 0.6) is 0 Å². The first-order chi connectivity index (χ1) is 7.72. The van der Waals surface area contributed by atoms with Gasteiger partial charge >= 0.3 is 6.03 Å². The Morgan fingerprint density at radius 3 is 2.69 bits per heavy atom. The van der Waals surface area contributed by atoms with Crippen molar-refractivity contribution in [2.45, 2.75) is 13.5 Å². The van der Waals surface area contributed by atoms with E-state index in [-0.39, 0.29) is 11.9 Å². The van der Waals surface area contributed by atoms with Crippen LogP contribution in [0.25, 0.3) is 0 Å². The minimum absolute atomic E-state index is 0.164. The predicted molar refractivity (Wildman–Crippen MR) is 61.5 cm³/mol. The molecule has 0 bridgehead atoms. The standard InChI is InChI=1S/C12H15N3O/c1-10(7-13)8-14-12(16)15-9-11-5-3-2-4-6-11/h2-6,10H,8-9H2,1H3,(H2,14,15,16). The number of carbonyl (C=O) groups is 1. The third-order valence-electron chi connectivity index (χ3n) is 2.09. The second-order valence-corrected chi connectivity index (χ2v) is 3.58. The van der Waals surface area contributed by atoms with E-state index < -0.39 is 0 Å². The Bertz CT molecular complexity index is 370. The monoisotopic (exact) mass is 217 g/mol. The molecule has 1 aromatic carbocycles. The molecule has 0 fully saturated rings. The van der Waals surface area contributed by atoms with Crippen molar-refractivity contribution in [1.82, 2.24) is 10.6 Å². The number of nitriles is 1. The van der Waals surface area contributed by atoms with Crippen LogP contribution in [0.15, 0.2) is 30.3 Å². The van der Waals surface area contributed by atoms with E-state index in [1.807, 2.05) is 30.3 Å². The van der Waals surface area contributed by atoms with Gasteiger partial charge in [0, 0.05) is 13.1 Å². The molecule has 84 valence electrons. The van der Waals surface area contributed by atoms with E-state index in [1.165, 1.54) is 0 Å². The van der Waals surface area contributed by atoms with Gasteiger partial charge in [0.25, 0.3) is 0 Å². The molecule has 1 atom stereocenters. The second-order valence-electron chi connectivity index (χ2n) is 3.58. The molecule has 16 heavy (non-hydrogen) atoms. The van der Waals surface area contributed by atoms with Crippen LogP contribution in [0.3, 0.4) is 0 Å². The lowest BCUT2D eigenvalue weighted by Crippen LogP contribution is -2.37. The number of urea groups is 1. The van der Waals surface area contributed by atoms with Gasteiger partial charge < -0.3 is 10.6 Å². The van der Waals surface area contributed by atoms with E-state index in [2.05, 4.69) is 16.7 Å². The van der Waals surface area contributed by atoms with Crippen molar-refractivity contribution in [2.24, 2.45) is 5.92 Å². The molecule has 0 saturated carbocycles. The van der Waals surface area contributed by atoms with E-state index in [4.69, 9.17) is 5.26 Å².